The van der Waals surface area contributed by atoms with E-state index < -0.39 is 0 Å². The van der Waals surface area contributed by atoms with Crippen LogP contribution in [0.3, 0.4) is 0 Å². The Hall–Kier alpha value is -2.61. The average Bonchev–Trinajstić information content (AvgIpc) is 3.44. The Labute approximate surface area is 192 Å². The van der Waals surface area contributed by atoms with Crippen LogP contribution in [0, 0.1) is 5.82 Å². The maximum Gasteiger partial charge on any atom is 0.318 e. The van der Waals surface area contributed by atoms with E-state index in [0.29, 0.717) is 12.3 Å². The van der Waals surface area contributed by atoms with Crippen molar-refractivity contribution in [3.63, 3.8) is 0 Å². The second kappa shape index (κ2) is 9.10. The molecule has 1 fully saturated rings. The Bertz CT molecular complexity index is 983. The molecule has 1 aliphatic heterocycles. The van der Waals surface area contributed by atoms with E-state index in [2.05, 4.69) is 5.32 Å². The number of urea groups is 1. The smallest absolute Gasteiger partial charge is 0.318 e. The number of ether oxygens (including phenoxy) is 1. The third-order valence-corrected chi connectivity index (χ3v) is 6.65. The zero-order valence-corrected chi connectivity index (χ0v) is 19.6. The third-order valence-electron chi connectivity index (χ3n) is 5.66. The van der Waals surface area contributed by atoms with E-state index in [1.54, 1.807) is 28.4 Å². The van der Waals surface area contributed by atoms with Crippen molar-refractivity contribution >= 4 is 23.3 Å². The van der Waals surface area contributed by atoms with Crippen molar-refractivity contribution in [1.29, 1.82) is 0 Å². The molecule has 32 heavy (non-hydrogen) atoms. The summed E-state index contributed by atoms with van der Waals surface area (Å²) in [7, 11) is 0. The first-order valence-electron chi connectivity index (χ1n) is 11.0. The van der Waals surface area contributed by atoms with Gasteiger partial charge in [-0.1, -0.05) is 6.07 Å². The molecule has 0 radical (unpaired) electrons. The minimum Gasteiger partial charge on any atom is -0.491 e. The van der Waals surface area contributed by atoms with Crippen LogP contribution in [0.2, 0.25) is 0 Å². The van der Waals surface area contributed by atoms with Gasteiger partial charge in [-0.25, -0.2) is 9.18 Å². The van der Waals surface area contributed by atoms with Crippen molar-refractivity contribution in [3.8, 4) is 5.75 Å². The van der Waals surface area contributed by atoms with Crippen molar-refractivity contribution in [2.24, 2.45) is 0 Å². The summed E-state index contributed by atoms with van der Waals surface area (Å²) in [4.78, 5) is 31.0. The van der Waals surface area contributed by atoms with Crippen LogP contribution < -0.4 is 10.1 Å². The molecule has 1 aromatic heterocycles. The van der Waals surface area contributed by atoms with E-state index in [-0.39, 0.29) is 48.5 Å². The fourth-order valence-corrected chi connectivity index (χ4v) is 4.92. The second-order valence-corrected chi connectivity index (χ2v) is 10.5. The maximum absolute atomic E-state index is 13.6. The van der Waals surface area contributed by atoms with Crippen LogP contribution in [-0.2, 0) is 11.2 Å². The molecule has 1 N–H and O–H groups in total. The molecule has 2 heterocycles. The predicted octanol–water partition coefficient (Wildman–Crippen LogP) is 4.36. The van der Waals surface area contributed by atoms with Gasteiger partial charge in [0.1, 0.15) is 24.7 Å². The van der Waals surface area contributed by atoms with Gasteiger partial charge < -0.3 is 19.9 Å². The first kappa shape index (κ1) is 22.6. The standard InChI is InChI=1S/C24H30FN3O3S/c1-24(2,3)26-23(30)28(17-7-8-17)14-22(29)27-11-9-21-19(10-12-32-21)20(27)15-31-18-6-4-5-16(25)13-18/h4-6,10,12-13,17,20H,7-9,11,14-15H2,1-3H3,(H,26,30). The number of carbonyl (C=O) groups is 2. The molecule has 0 saturated heterocycles. The fourth-order valence-electron chi connectivity index (χ4n) is 3.99. The van der Waals surface area contributed by atoms with Gasteiger partial charge in [-0.15, -0.1) is 11.3 Å². The molecule has 1 unspecified atom stereocenters. The van der Waals surface area contributed by atoms with E-state index in [1.807, 2.05) is 37.1 Å². The Balaban J connectivity index is 1.49. The number of halogens is 1. The molecule has 1 atom stereocenters. The largest absolute Gasteiger partial charge is 0.491 e. The maximum atomic E-state index is 13.6. The molecule has 1 saturated carbocycles. The SMILES string of the molecule is CC(C)(C)NC(=O)N(CC(=O)N1CCc2sccc2C1COc1cccc(F)c1)C1CC1. The molecule has 1 aromatic carbocycles. The summed E-state index contributed by atoms with van der Waals surface area (Å²) < 4.78 is 19.4. The lowest BCUT2D eigenvalue weighted by Gasteiger charge is -2.37. The Morgan fingerprint density at radius 2 is 2.06 bits per heavy atom. The number of nitrogens with zero attached hydrogens (tertiary/aromatic N) is 2. The van der Waals surface area contributed by atoms with Crippen molar-refractivity contribution in [2.75, 3.05) is 19.7 Å². The van der Waals surface area contributed by atoms with E-state index in [1.165, 1.54) is 17.0 Å². The number of thiophene rings is 1. The lowest BCUT2D eigenvalue weighted by Crippen LogP contribution is -2.53. The van der Waals surface area contributed by atoms with Crippen LogP contribution in [0.4, 0.5) is 9.18 Å². The first-order chi connectivity index (χ1) is 15.2. The summed E-state index contributed by atoms with van der Waals surface area (Å²) in [5.74, 6) is -0.0187. The van der Waals surface area contributed by atoms with Gasteiger partial charge in [0.05, 0.1) is 6.04 Å². The highest BCUT2D eigenvalue weighted by molar-refractivity contribution is 7.10. The quantitative estimate of drug-likeness (QED) is 0.698. The van der Waals surface area contributed by atoms with Gasteiger partial charge in [-0.2, -0.15) is 0 Å². The predicted molar refractivity (Wildman–Crippen MR) is 122 cm³/mol. The molecule has 3 amide bonds. The summed E-state index contributed by atoms with van der Waals surface area (Å²) in [5.41, 5.74) is 0.703. The van der Waals surface area contributed by atoms with Crippen molar-refractivity contribution in [3.05, 3.63) is 52.0 Å². The summed E-state index contributed by atoms with van der Waals surface area (Å²) in [6.45, 7) is 6.64. The number of amides is 3. The lowest BCUT2D eigenvalue weighted by molar-refractivity contribution is -0.135. The fraction of sp³-hybridized carbons (Fsp3) is 0.500. The lowest BCUT2D eigenvalue weighted by atomic mass is 10.0. The number of benzene rings is 1. The number of nitrogens with one attached hydrogen (secondary N) is 1. The highest BCUT2D eigenvalue weighted by Gasteiger charge is 2.38. The van der Waals surface area contributed by atoms with Gasteiger partial charge >= 0.3 is 6.03 Å². The zero-order valence-electron chi connectivity index (χ0n) is 18.8. The third kappa shape index (κ3) is 5.41. The molecule has 172 valence electrons. The monoisotopic (exact) mass is 459 g/mol. The number of hydrogen-bond donors (Lipinski definition) is 1. The minimum atomic E-state index is -0.370. The van der Waals surface area contributed by atoms with Gasteiger partial charge in [0.25, 0.3) is 0 Å². The van der Waals surface area contributed by atoms with Crippen molar-refractivity contribution in [1.82, 2.24) is 15.1 Å². The number of rotatable bonds is 6. The Morgan fingerprint density at radius 1 is 1.28 bits per heavy atom. The van der Waals surface area contributed by atoms with E-state index in [0.717, 1.165) is 24.8 Å². The van der Waals surface area contributed by atoms with E-state index in [9.17, 15) is 14.0 Å². The first-order valence-corrected chi connectivity index (χ1v) is 11.9. The van der Waals surface area contributed by atoms with Gasteiger partial charge in [-0.05, 0) is 69.2 Å². The highest BCUT2D eigenvalue weighted by atomic mass is 32.1. The van der Waals surface area contributed by atoms with Crippen LogP contribution in [0.25, 0.3) is 0 Å². The molecular formula is C24H30FN3O3S. The molecule has 4 rings (SSSR count). The second-order valence-electron chi connectivity index (χ2n) is 9.46. The van der Waals surface area contributed by atoms with Crippen LogP contribution in [-0.4, -0.2) is 53.0 Å². The minimum absolute atomic E-state index is 0.0442. The van der Waals surface area contributed by atoms with Gasteiger partial charge in [0.2, 0.25) is 5.91 Å². The molecule has 8 heteroatoms. The van der Waals surface area contributed by atoms with E-state index >= 15 is 0 Å². The molecule has 6 nitrogen and oxygen atoms in total. The molecule has 0 bridgehead atoms. The summed E-state index contributed by atoms with van der Waals surface area (Å²) in [5, 5.41) is 5.01. The normalized spacial score (nSPS) is 18.1. The van der Waals surface area contributed by atoms with Gasteiger partial charge in [0.15, 0.2) is 0 Å². The zero-order chi connectivity index (χ0) is 22.9. The summed E-state index contributed by atoms with van der Waals surface area (Å²) in [6, 6.07) is 7.70. The van der Waals surface area contributed by atoms with Gasteiger partial charge in [0, 0.05) is 29.1 Å². The van der Waals surface area contributed by atoms with E-state index in [4.69, 9.17) is 4.74 Å². The molecule has 2 aromatic rings. The Morgan fingerprint density at radius 3 is 2.75 bits per heavy atom. The number of hydrogen-bond acceptors (Lipinski definition) is 4. The molecule has 2 aliphatic rings. The number of fused-ring (bicyclic) bond motifs is 1. The van der Waals surface area contributed by atoms with Crippen LogP contribution in [0.1, 0.15) is 50.1 Å². The highest BCUT2D eigenvalue weighted by Crippen LogP contribution is 2.35. The van der Waals surface area contributed by atoms with Crippen molar-refractivity contribution in [2.45, 2.75) is 57.7 Å². The van der Waals surface area contributed by atoms with Crippen LogP contribution in [0.15, 0.2) is 35.7 Å². The summed E-state index contributed by atoms with van der Waals surface area (Å²) >= 11 is 1.68. The van der Waals surface area contributed by atoms with Crippen LogP contribution >= 0.6 is 11.3 Å². The Kier molecular flexibility index (Phi) is 6.42. The van der Waals surface area contributed by atoms with Gasteiger partial charge in [-0.3, -0.25) is 4.79 Å². The molecule has 1 aliphatic carbocycles. The molecular weight excluding hydrogens is 429 g/mol. The number of carbonyl (C=O) groups excluding carboxylic acids is 2. The van der Waals surface area contributed by atoms with Crippen molar-refractivity contribution < 1.29 is 18.7 Å². The summed E-state index contributed by atoms with van der Waals surface area (Å²) in [6.07, 6.45) is 2.63. The molecule has 0 spiro atoms. The van der Waals surface area contributed by atoms with Crippen LogP contribution in [0.5, 0.6) is 5.75 Å². The average molecular weight is 460 g/mol. The topological polar surface area (TPSA) is 61.9 Å².